The molecule has 0 N–H and O–H groups in total. The predicted octanol–water partition coefficient (Wildman–Crippen LogP) is 6.12. The maximum absolute atomic E-state index is 12.3. The SMILES string of the molecule is CC(C)(C)OC(=O)n1cc(Br)cc1-c1cc(Cl)cc(Br)c1. The molecule has 0 amide bonds. The Morgan fingerprint density at radius 3 is 2.38 bits per heavy atom. The molecule has 0 bridgehead atoms. The van der Waals surface area contributed by atoms with Gasteiger partial charge >= 0.3 is 6.09 Å². The van der Waals surface area contributed by atoms with E-state index in [-0.39, 0.29) is 0 Å². The minimum absolute atomic E-state index is 0.431. The quantitative estimate of drug-likeness (QED) is 0.541. The van der Waals surface area contributed by atoms with Crippen LogP contribution >= 0.6 is 43.5 Å². The zero-order valence-electron chi connectivity index (χ0n) is 11.8. The number of ether oxygens (including phenoxy) is 1. The van der Waals surface area contributed by atoms with Crippen molar-refractivity contribution < 1.29 is 9.53 Å². The van der Waals surface area contributed by atoms with Crippen molar-refractivity contribution in [2.24, 2.45) is 0 Å². The van der Waals surface area contributed by atoms with E-state index in [2.05, 4.69) is 31.9 Å². The molecule has 0 radical (unpaired) electrons. The van der Waals surface area contributed by atoms with Crippen molar-refractivity contribution in [1.82, 2.24) is 4.57 Å². The normalized spacial score (nSPS) is 11.5. The molecule has 1 heterocycles. The summed E-state index contributed by atoms with van der Waals surface area (Å²) in [5.74, 6) is 0. The van der Waals surface area contributed by atoms with Gasteiger partial charge in [0, 0.05) is 25.7 Å². The summed E-state index contributed by atoms with van der Waals surface area (Å²) >= 11 is 12.9. The molecule has 1 aromatic heterocycles. The van der Waals surface area contributed by atoms with Gasteiger partial charge in [-0.05, 0) is 61.0 Å². The Kier molecular flexibility index (Phi) is 4.85. The molecule has 0 unspecified atom stereocenters. The summed E-state index contributed by atoms with van der Waals surface area (Å²) in [6.07, 6.45) is 1.25. The van der Waals surface area contributed by atoms with Crippen LogP contribution in [0.15, 0.2) is 39.4 Å². The van der Waals surface area contributed by atoms with Crippen LogP contribution in [0.4, 0.5) is 4.79 Å². The summed E-state index contributed by atoms with van der Waals surface area (Å²) in [5, 5.41) is 0.590. The molecule has 2 rings (SSSR count). The van der Waals surface area contributed by atoms with Crippen LogP contribution in [0, 0.1) is 0 Å². The number of halogens is 3. The molecule has 1 aromatic carbocycles. The van der Waals surface area contributed by atoms with Crippen molar-refractivity contribution in [3.05, 3.63) is 44.4 Å². The Morgan fingerprint density at radius 2 is 1.81 bits per heavy atom. The van der Waals surface area contributed by atoms with Crippen LogP contribution in [0.5, 0.6) is 0 Å². The van der Waals surface area contributed by atoms with E-state index in [0.29, 0.717) is 10.7 Å². The molecule has 0 aliphatic heterocycles. The van der Waals surface area contributed by atoms with E-state index < -0.39 is 11.7 Å². The van der Waals surface area contributed by atoms with Gasteiger partial charge in [-0.1, -0.05) is 27.5 Å². The molecule has 112 valence electrons. The van der Waals surface area contributed by atoms with Gasteiger partial charge in [0.2, 0.25) is 0 Å². The largest absolute Gasteiger partial charge is 0.443 e. The third-order valence-electron chi connectivity index (χ3n) is 2.54. The summed E-state index contributed by atoms with van der Waals surface area (Å²) in [6.45, 7) is 5.50. The number of rotatable bonds is 1. The molecule has 0 aliphatic carbocycles. The number of hydrogen-bond acceptors (Lipinski definition) is 2. The van der Waals surface area contributed by atoms with Crippen LogP contribution in [0.1, 0.15) is 20.8 Å². The molecule has 0 fully saturated rings. The molecular formula is C15H14Br2ClNO2. The highest BCUT2D eigenvalue weighted by Crippen LogP contribution is 2.31. The fourth-order valence-electron chi connectivity index (χ4n) is 1.82. The molecule has 0 spiro atoms. The van der Waals surface area contributed by atoms with E-state index in [9.17, 15) is 4.79 Å². The maximum atomic E-state index is 12.3. The number of aromatic nitrogens is 1. The Balaban J connectivity index is 2.48. The van der Waals surface area contributed by atoms with Gasteiger partial charge in [0.15, 0.2) is 0 Å². The topological polar surface area (TPSA) is 31.2 Å². The van der Waals surface area contributed by atoms with Gasteiger partial charge in [-0.2, -0.15) is 0 Å². The van der Waals surface area contributed by atoms with Crippen LogP contribution in [0.2, 0.25) is 5.02 Å². The lowest BCUT2D eigenvalue weighted by atomic mass is 10.1. The van der Waals surface area contributed by atoms with E-state index in [1.807, 2.05) is 32.9 Å². The highest BCUT2D eigenvalue weighted by atomic mass is 79.9. The highest BCUT2D eigenvalue weighted by molar-refractivity contribution is 9.10. The molecule has 0 atom stereocenters. The second-order valence-electron chi connectivity index (χ2n) is 5.55. The van der Waals surface area contributed by atoms with E-state index in [1.54, 1.807) is 18.3 Å². The Labute approximate surface area is 145 Å². The maximum Gasteiger partial charge on any atom is 0.419 e. The summed E-state index contributed by atoms with van der Waals surface area (Å²) in [5.41, 5.74) is 0.977. The number of benzene rings is 1. The Hall–Kier alpha value is -0.780. The smallest absolute Gasteiger partial charge is 0.419 e. The second-order valence-corrected chi connectivity index (χ2v) is 7.82. The number of nitrogens with zero attached hydrogens (tertiary/aromatic N) is 1. The number of carbonyl (C=O) groups is 1. The average molecular weight is 436 g/mol. The van der Waals surface area contributed by atoms with Crippen LogP contribution in [0.25, 0.3) is 11.3 Å². The fourth-order valence-corrected chi connectivity index (χ4v) is 3.10. The predicted molar refractivity (Wildman–Crippen MR) is 91.9 cm³/mol. The van der Waals surface area contributed by atoms with Crippen LogP contribution in [0.3, 0.4) is 0 Å². The molecule has 0 saturated heterocycles. The first-order valence-corrected chi connectivity index (χ1v) is 8.20. The first kappa shape index (κ1) is 16.6. The van der Waals surface area contributed by atoms with Gasteiger partial charge in [-0.3, -0.25) is 4.57 Å². The van der Waals surface area contributed by atoms with Gasteiger partial charge in [-0.25, -0.2) is 4.79 Å². The van der Waals surface area contributed by atoms with Gasteiger partial charge in [-0.15, -0.1) is 0 Å². The zero-order valence-corrected chi connectivity index (χ0v) is 15.7. The van der Waals surface area contributed by atoms with Crippen molar-refractivity contribution in [2.75, 3.05) is 0 Å². The molecule has 0 saturated carbocycles. The third kappa shape index (κ3) is 4.34. The highest BCUT2D eigenvalue weighted by Gasteiger charge is 2.21. The van der Waals surface area contributed by atoms with Gasteiger partial charge in [0.25, 0.3) is 0 Å². The fraction of sp³-hybridized carbons (Fsp3) is 0.267. The average Bonchev–Trinajstić information content (AvgIpc) is 2.68. The number of carbonyl (C=O) groups excluding carboxylic acids is 1. The lowest BCUT2D eigenvalue weighted by Crippen LogP contribution is -2.27. The lowest BCUT2D eigenvalue weighted by molar-refractivity contribution is 0.0540. The van der Waals surface area contributed by atoms with Gasteiger partial charge in [0.1, 0.15) is 5.60 Å². The van der Waals surface area contributed by atoms with Gasteiger partial charge < -0.3 is 4.74 Å². The summed E-state index contributed by atoms with van der Waals surface area (Å²) < 4.78 is 8.52. The summed E-state index contributed by atoms with van der Waals surface area (Å²) in [6, 6.07) is 7.34. The lowest BCUT2D eigenvalue weighted by Gasteiger charge is -2.20. The van der Waals surface area contributed by atoms with Crippen LogP contribution in [-0.4, -0.2) is 16.3 Å². The summed E-state index contributed by atoms with van der Waals surface area (Å²) in [4.78, 5) is 12.3. The Morgan fingerprint density at radius 1 is 1.14 bits per heavy atom. The molecule has 6 heteroatoms. The van der Waals surface area contributed by atoms with Crippen molar-refractivity contribution in [3.63, 3.8) is 0 Å². The summed E-state index contributed by atoms with van der Waals surface area (Å²) in [7, 11) is 0. The number of hydrogen-bond donors (Lipinski definition) is 0. The molecule has 3 nitrogen and oxygen atoms in total. The monoisotopic (exact) mass is 433 g/mol. The van der Waals surface area contributed by atoms with E-state index in [4.69, 9.17) is 16.3 Å². The first-order valence-electron chi connectivity index (χ1n) is 6.23. The standard InChI is InChI=1S/C15H14Br2ClNO2/c1-15(2,3)21-14(20)19-8-11(17)7-13(19)9-4-10(16)6-12(18)5-9/h4-8H,1-3H3. The Bertz CT molecular complexity index is 669. The molecule has 21 heavy (non-hydrogen) atoms. The second kappa shape index (κ2) is 6.15. The van der Waals surface area contributed by atoms with Crippen LogP contribution in [-0.2, 0) is 4.74 Å². The van der Waals surface area contributed by atoms with E-state index in [1.165, 1.54) is 4.57 Å². The van der Waals surface area contributed by atoms with Crippen molar-refractivity contribution in [2.45, 2.75) is 26.4 Å². The minimum atomic E-state index is -0.556. The first-order chi connectivity index (χ1) is 9.65. The van der Waals surface area contributed by atoms with Gasteiger partial charge in [0.05, 0.1) is 5.69 Å². The minimum Gasteiger partial charge on any atom is -0.443 e. The van der Waals surface area contributed by atoms with Crippen molar-refractivity contribution in [3.8, 4) is 11.3 Å². The molecule has 0 aliphatic rings. The zero-order chi connectivity index (χ0) is 15.8. The van der Waals surface area contributed by atoms with E-state index >= 15 is 0 Å². The molecule has 2 aromatic rings. The van der Waals surface area contributed by atoms with Crippen molar-refractivity contribution in [1.29, 1.82) is 0 Å². The van der Waals surface area contributed by atoms with Crippen molar-refractivity contribution >= 4 is 49.6 Å². The third-order valence-corrected chi connectivity index (χ3v) is 3.64. The molecular weight excluding hydrogens is 421 g/mol. The van der Waals surface area contributed by atoms with E-state index in [0.717, 1.165) is 14.5 Å². The van der Waals surface area contributed by atoms with Crippen LogP contribution < -0.4 is 0 Å².